The number of aromatic nitrogens is 1. The van der Waals surface area contributed by atoms with E-state index in [1.165, 1.54) is 24.8 Å². The van der Waals surface area contributed by atoms with E-state index in [0.717, 1.165) is 22.9 Å². The molecule has 3 aromatic rings. The molecule has 0 unspecified atom stereocenters. The maximum Gasteiger partial charge on any atom is 0.226 e. The van der Waals surface area contributed by atoms with Crippen LogP contribution in [0.15, 0.2) is 65.3 Å². The zero-order valence-electron chi connectivity index (χ0n) is 12.9. The highest BCUT2D eigenvalue weighted by atomic mass is 16.5. The van der Waals surface area contributed by atoms with E-state index in [4.69, 9.17) is 9.15 Å². The molecule has 0 amide bonds. The largest absolute Gasteiger partial charge is 0.487 e. The summed E-state index contributed by atoms with van der Waals surface area (Å²) in [5.41, 5.74) is 3.20. The van der Waals surface area contributed by atoms with E-state index in [-0.39, 0.29) is 0 Å². The van der Waals surface area contributed by atoms with Crippen molar-refractivity contribution in [2.75, 3.05) is 0 Å². The maximum absolute atomic E-state index is 5.81. The molecule has 2 aromatic carbocycles. The van der Waals surface area contributed by atoms with Gasteiger partial charge in [-0.15, -0.1) is 0 Å². The second-order valence-corrected chi connectivity index (χ2v) is 6.00. The zero-order chi connectivity index (χ0) is 15.5. The summed E-state index contributed by atoms with van der Waals surface area (Å²) in [6, 6.07) is 18.3. The highest BCUT2D eigenvalue weighted by Crippen LogP contribution is 2.36. The molecule has 0 spiro atoms. The first-order valence-electron chi connectivity index (χ1n) is 8.11. The molecule has 0 bridgehead atoms. The molecule has 1 aromatic heterocycles. The van der Waals surface area contributed by atoms with E-state index in [1.807, 2.05) is 42.5 Å². The van der Waals surface area contributed by atoms with Crippen molar-refractivity contribution < 1.29 is 9.15 Å². The first-order chi connectivity index (χ1) is 11.4. The molecule has 0 N–H and O–H groups in total. The van der Waals surface area contributed by atoms with Crippen LogP contribution in [0.3, 0.4) is 0 Å². The Morgan fingerprint density at radius 3 is 2.48 bits per heavy atom. The fraction of sp³-hybridized carbons (Fsp3) is 0.250. The van der Waals surface area contributed by atoms with Crippen molar-refractivity contribution in [3.05, 3.63) is 72.1 Å². The molecule has 1 aliphatic carbocycles. The Kier molecular flexibility index (Phi) is 3.85. The summed E-state index contributed by atoms with van der Waals surface area (Å²) < 4.78 is 11.3. The molecule has 3 heteroatoms. The van der Waals surface area contributed by atoms with Gasteiger partial charge in [0.1, 0.15) is 24.3 Å². The lowest BCUT2D eigenvalue weighted by Gasteiger charge is -2.25. The summed E-state index contributed by atoms with van der Waals surface area (Å²) in [6.07, 6.45) is 5.66. The predicted octanol–water partition coefficient (Wildman–Crippen LogP) is 5.19. The molecular weight excluding hydrogens is 286 g/mol. The number of hydrogen-bond donors (Lipinski definition) is 0. The van der Waals surface area contributed by atoms with E-state index in [2.05, 4.69) is 17.1 Å². The molecule has 0 radical (unpaired) electrons. The molecule has 23 heavy (non-hydrogen) atoms. The van der Waals surface area contributed by atoms with Crippen LogP contribution >= 0.6 is 0 Å². The van der Waals surface area contributed by atoms with Crippen molar-refractivity contribution in [2.24, 2.45) is 0 Å². The highest BCUT2D eigenvalue weighted by Gasteiger charge is 2.19. The average Bonchev–Trinajstić information content (AvgIpc) is 3.02. The van der Waals surface area contributed by atoms with Gasteiger partial charge >= 0.3 is 0 Å². The molecule has 0 aliphatic heterocycles. The lowest BCUT2D eigenvalue weighted by Crippen LogP contribution is -2.08. The molecule has 1 saturated carbocycles. The van der Waals surface area contributed by atoms with Crippen LogP contribution in [0.5, 0.6) is 5.75 Å². The lowest BCUT2D eigenvalue weighted by molar-refractivity contribution is 0.300. The number of nitrogens with zero attached hydrogens (tertiary/aromatic N) is 1. The van der Waals surface area contributed by atoms with Gasteiger partial charge in [-0.3, -0.25) is 0 Å². The normalized spacial score (nSPS) is 14.4. The van der Waals surface area contributed by atoms with Crippen LogP contribution in [0.25, 0.3) is 11.5 Å². The SMILES string of the molecule is c1ccc(-c2nc(COc3ccc(C4CCC4)cc3)co2)cc1. The summed E-state index contributed by atoms with van der Waals surface area (Å²) in [5, 5.41) is 0. The van der Waals surface area contributed by atoms with Crippen molar-refractivity contribution in [3.8, 4) is 17.2 Å². The number of hydrogen-bond acceptors (Lipinski definition) is 3. The first kappa shape index (κ1) is 14.1. The summed E-state index contributed by atoms with van der Waals surface area (Å²) in [4.78, 5) is 4.47. The number of benzene rings is 2. The fourth-order valence-electron chi connectivity index (χ4n) is 2.82. The van der Waals surface area contributed by atoms with Crippen LogP contribution in [0.1, 0.15) is 36.4 Å². The third-order valence-corrected chi connectivity index (χ3v) is 4.42. The van der Waals surface area contributed by atoms with Crippen molar-refractivity contribution in [3.63, 3.8) is 0 Å². The molecule has 0 atom stereocenters. The van der Waals surface area contributed by atoms with E-state index < -0.39 is 0 Å². The van der Waals surface area contributed by atoms with Crippen LogP contribution in [0, 0.1) is 0 Å². The smallest absolute Gasteiger partial charge is 0.226 e. The fourth-order valence-corrected chi connectivity index (χ4v) is 2.82. The monoisotopic (exact) mass is 305 g/mol. The third-order valence-electron chi connectivity index (χ3n) is 4.42. The molecular formula is C20H19NO2. The maximum atomic E-state index is 5.81. The van der Waals surface area contributed by atoms with Crippen LogP contribution < -0.4 is 4.74 Å². The van der Waals surface area contributed by atoms with Crippen LogP contribution in [-0.2, 0) is 6.61 Å². The van der Waals surface area contributed by atoms with Gasteiger partial charge in [0.2, 0.25) is 5.89 Å². The van der Waals surface area contributed by atoms with E-state index in [9.17, 15) is 0 Å². The number of oxazole rings is 1. The Hall–Kier alpha value is -2.55. The van der Waals surface area contributed by atoms with Gasteiger partial charge in [-0.1, -0.05) is 36.8 Å². The number of rotatable bonds is 5. The summed E-state index contributed by atoms with van der Waals surface area (Å²) >= 11 is 0. The van der Waals surface area contributed by atoms with Crippen LogP contribution in [0.2, 0.25) is 0 Å². The molecule has 1 heterocycles. The Bertz CT molecular complexity index is 758. The Balaban J connectivity index is 1.38. The minimum absolute atomic E-state index is 0.416. The average molecular weight is 305 g/mol. The van der Waals surface area contributed by atoms with Gasteiger partial charge < -0.3 is 9.15 Å². The Morgan fingerprint density at radius 2 is 1.78 bits per heavy atom. The second kappa shape index (κ2) is 6.29. The van der Waals surface area contributed by atoms with Crippen LogP contribution in [-0.4, -0.2) is 4.98 Å². The zero-order valence-corrected chi connectivity index (χ0v) is 12.9. The van der Waals surface area contributed by atoms with E-state index in [1.54, 1.807) is 6.26 Å². The molecule has 1 fully saturated rings. The van der Waals surface area contributed by atoms with Gasteiger partial charge in [0, 0.05) is 5.56 Å². The molecule has 4 rings (SSSR count). The minimum Gasteiger partial charge on any atom is -0.487 e. The van der Waals surface area contributed by atoms with Crippen molar-refractivity contribution in [2.45, 2.75) is 31.8 Å². The molecule has 1 aliphatic rings. The summed E-state index contributed by atoms with van der Waals surface area (Å²) in [5.74, 6) is 2.26. The summed E-state index contributed by atoms with van der Waals surface area (Å²) in [6.45, 7) is 0.416. The minimum atomic E-state index is 0.416. The van der Waals surface area contributed by atoms with Crippen molar-refractivity contribution in [1.29, 1.82) is 0 Å². The second-order valence-electron chi connectivity index (χ2n) is 6.00. The van der Waals surface area contributed by atoms with Gasteiger partial charge in [0.05, 0.1) is 0 Å². The highest BCUT2D eigenvalue weighted by molar-refractivity contribution is 5.52. The van der Waals surface area contributed by atoms with Gasteiger partial charge in [-0.25, -0.2) is 4.98 Å². The summed E-state index contributed by atoms with van der Waals surface area (Å²) in [7, 11) is 0. The van der Waals surface area contributed by atoms with Gasteiger partial charge in [0.25, 0.3) is 0 Å². The van der Waals surface area contributed by atoms with E-state index in [0.29, 0.717) is 12.5 Å². The Morgan fingerprint density at radius 1 is 1.00 bits per heavy atom. The molecule has 3 nitrogen and oxygen atoms in total. The van der Waals surface area contributed by atoms with E-state index >= 15 is 0 Å². The lowest BCUT2D eigenvalue weighted by atomic mass is 9.80. The van der Waals surface area contributed by atoms with Gasteiger partial charge in [-0.2, -0.15) is 0 Å². The predicted molar refractivity (Wildman–Crippen MR) is 89.3 cm³/mol. The number of ether oxygens (including phenoxy) is 1. The molecule has 0 saturated heterocycles. The van der Waals surface area contributed by atoms with Gasteiger partial charge in [0.15, 0.2) is 0 Å². The quantitative estimate of drug-likeness (QED) is 0.651. The third kappa shape index (κ3) is 3.14. The van der Waals surface area contributed by atoms with Crippen molar-refractivity contribution >= 4 is 0 Å². The van der Waals surface area contributed by atoms with Crippen LogP contribution in [0.4, 0.5) is 0 Å². The molecule has 116 valence electrons. The van der Waals surface area contributed by atoms with Gasteiger partial charge in [-0.05, 0) is 48.6 Å². The topological polar surface area (TPSA) is 35.3 Å². The Labute approximate surface area is 135 Å². The first-order valence-corrected chi connectivity index (χ1v) is 8.11. The van der Waals surface area contributed by atoms with Crippen molar-refractivity contribution in [1.82, 2.24) is 4.98 Å². The standard InChI is InChI=1S/C20H19NO2/c1-2-5-17(6-3-1)20-21-18(14-23-20)13-22-19-11-9-16(10-12-19)15-7-4-8-15/h1-3,5-6,9-12,14-15H,4,7-8,13H2.